The molecule has 0 saturated heterocycles. The van der Waals surface area contributed by atoms with Crippen LogP contribution in [0.2, 0.25) is 0 Å². The largest absolute Gasteiger partial charge is 0.344 e. The van der Waals surface area contributed by atoms with E-state index < -0.39 is 0 Å². The first-order valence-electron chi connectivity index (χ1n) is 17.2. The van der Waals surface area contributed by atoms with Crippen molar-refractivity contribution < 1.29 is 0 Å². The van der Waals surface area contributed by atoms with Crippen molar-refractivity contribution in [3.8, 4) is 11.1 Å². The van der Waals surface area contributed by atoms with Gasteiger partial charge in [-0.1, -0.05) is 118 Å². The zero-order valence-corrected chi connectivity index (χ0v) is 29.3. The summed E-state index contributed by atoms with van der Waals surface area (Å²) in [5, 5.41) is 5.07. The summed E-state index contributed by atoms with van der Waals surface area (Å²) in [5.41, 5.74) is 16.0. The van der Waals surface area contributed by atoms with Gasteiger partial charge >= 0.3 is 0 Å². The number of para-hydroxylation sites is 1. The van der Waals surface area contributed by atoms with Crippen LogP contribution in [-0.4, -0.2) is 4.57 Å². The van der Waals surface area contributed by atoms with Gasteiger partial charge in [0.05, 0.1) is 11.2 Å². The van der Waals surface area contributed by atoms with E-state index in [1.54, 1.807) is 0 Å². The molecule has 6 aromatic carbocycles. The molecular formula is C47H42N2. The van der Waals surface area contributed by atoms with Crippen molar-refractivity contribution in [2.75, 3.05) is 4.90 Å². The predicted molar refractivity (Wildman–Crippen MR) is 213 cm³/mol. The van der Waals surface area contributed by atoms with E-state index in [4.69, 9.17) is 0 Å². The van der Waals surface area contributed by atoms with Crippen molar-refractivity contribution in [3.63, 3.8) is 0 Å². The summed E-state index contributed by atoms with van der Waals surface area (Å²) in [6.07, 6.45) is 6.23. The van der Waals surface area contributed by atoms with Gasteiger partial charge in [-0.05, 0) is 107 Å². The molecule has 0 spiro atoms. The van der Waals surface area contributed by atoms with Crippen LogP contribution < -0.4 is 4.90 Å². The number of aromatic nitrogens is 1. The minimum absolute atomic E-state index is 0.135. The second-order valence-corrected chi connectivity index (χ2v) is 13.9. The lowest BCUT2D eigenvalue weighted by atomic mass is 9.81. The Kier molecular flexibility index (Phi) is 7.23. The van der Waals surface area contributed by atoms with E-state index in [9.17, 15) is 0 Å². The molecule has 8 rings (SSSR count). The number of hydrogen-bond acceptors (Lipinski definition) is 1. The quantitative estimate of drug-likeness (QED) is 0.165. The molecule has 2 nitrogen and oxygen atoms in total. The van der Waals surface area contributed by atoms with Crippen LogP contribution in [0, 0.1) is 6.92 Å². The summed E-state index contributed by atoms with van der Waals surface area (Å²) < 4.78 is 2.33. The van der Waals surface area contributed by atoms with Crippen molar-refractivity contribution in [1.82, 2.24) is 4.57 Å². The van der Waals surface area contributed by atoms with Crippen LogP contribution in [0.15, 0.2) is 146 Å². The topological polar surface area (TPSA) is 8.17 Å². The zero-order valence-electron chi connectivity index (χ0n) is 29.3. The lowest BCUT2D eigenvalue weighted by Gasteiger charge is -2.30. The Labute approximate surface area is 289 Å². The van der Waals surface area contributed by atoms with Gasteiger partial charge in [0, 0.05) is 45.5 Å². The maximum absolute atomic E-state index is 4.18. The molecular weight excluding hydrogens is 593 g/mol. The first-order valence-corrected chi connectivity index (χ1v) is 17.2. The molecule has 0 fully saturated rings. The number of allylic oxidation sites excluding steroid dienone is 5. The summed E-state index contributed by atoms with van der Waals surface area (Å²) >= 11 is 0. The van der Waals surface area contributed by atoms with Crippen molar-refractivity contribution in [2.45, 2.75) is 40.0 Å². The molecule has 0 radical (unpaired) electrons. The summed E-state index contributed by atoms with van der Waals surface area (Å²) in [5.74, 6) is 0. The fraction of sp³-hybridized carbons (Fsp3) is 0.149. The first-order chi connectivity index (χ1) is 23.7. The van der Waals surface area contributed by atoms with Gasteiger partial charge in [-0.25, -0.2) is 0 Å². The Morgan fingerprint density at radius 3 is 2.12 bits per heavy atom. The Morgan fingerprint density at radius 2 is 1.37 bits per heavy atom. The standard InChI is InChI=1S/C47H42N2/c1-8-16-30(3)34(9-2)35-25-23-32(27-31(35)4)49(33-24-26-38-36-17-13-15-22-43(36)48(7)44(38)28-33)45-29-42-46(39-19-11-10-18-37(39)45)40-20-12-14-21-41(40)47(42,5)6/h8-29H,2H2,1,3-7H3/b16-8-,34-30+. The molecule has 0 bridgehead atoms. The fourth-order valence-electron chi connectivity index (χ4n) is 8.34. The molecule has 1 aromatic heterocycles. The molecule has 0 saturated carbocycles. The molecule has 7 aromatic rings. The number of aryl methyl sites for hydroxylation is 2. The number of fused-ring (bicyclic) bond motifs is 8. The second-order valence-electron chi connectivity index (χ2n) is 13.9. The van der Waals surface area contributed by atoms with Gasteiger partial charge in [-0.3, -0.25) is 0 Å². The second kappa shape index (κ2) is 11.5. The van der Waals surface area contributed by atoms with Crippen LogP contribution in [0.25, 0.3) is 49.3 Å². The first kappa shape index (κ1) is 30.7. The Bertz CT molecular complexity index is 2530. The van der Waals surface area contributed by atoms with E-state index in [0.717, 1.165) is 16.9 Å². The van der Waals surface area contributed by atoms with E-state index >= 15 is 0 Å². The Morgan fingerprint density at radius 1 is 0.714 bits per heavy atom. The van der Waals surface area contributed by atoms with Crippen LogP contribution in [-0.2, 0) is 12.5 Å². The van der Waals surface area contributed by atoms with Crippen LogP contribution >= 0.6 is 0 Å². The molecule has 1 aliphatic rings. The van der Waals surface area contributed by atoms with Gasteiger partial charge in [0.2, 0.25) is 0 Å². The van der Waals surface area contributed by atoms with Crippen LogP contribution in [0.5, 0.6) is 0 Å². The van der Waals surface area contributed by atoms with Crippen molar-refractivity contribution in [3.05, 3.63) is 168 Å². The molecule has 1 heterocycles. The third-order valence-corrected chi connectivity index (χ3v) is 10.8. The minimum Gasteiger partial charge on any atom is -0.344 e. The molecule has 49 heavy (non-hydrogen) atoms. The minimum atomic E-state index is -0.135. The Hall–Kier alpha value is -5.60. The highest BCUT2D eigenvalue weighted by molar-refractivity contribution is 6.12. The fourth-order valence-corrected chi connectivity index (χ4v) is 8.34. The van der Waals surface area contributed by atoms with E-state index in [2.05, 4.69) is 185 Å². The highest BCUT2D eigenvalue weighted by Gasteiger charge is 2.37. The number of benzene rings is 6. The smallest absolute Gasteiger partial charge is 0.0543 e. The van der Waals surface area contributed by atoms with Crippen molar-refractivity contribution >= 4 is 55.2 Å². The molecule has 0 aliphatic heterocycles. The monoisotopic (exact) mass is 634 g/mol. The normalized spacial score (nSPS) is 14.0. The van der Waals surface area contributed by atoms with E-state index in [1.165, 1.54) is 77.2 Å². The number of hydrogen-bond donors (Lipinski definition) is 0. The molecule has 240 valence electrons. The van der Waals surface area contributed by atoms with Crippen LogP contribution in [0.4, 0.5) is 17.1 Å². The lowest BCUT2D eigenvalue weighted by molar-refractivity contribution is 0.661. The lowest BCUT2D eigenvalue weighted by Crippen LogP contribution is -2.17. The average molecular weight is 635 g/mol. The van der Waals surface area contributed by atoms with E-state index in [0.29, 0.717) is 0 Å². The van der Waals surface area contributed by atoms with Crippen LogP contribution in [0.1, 0.15) is 49.9 Å². The zero-order chi connectivity index (χ0) is 34.0. The highest BCUT2D eigenvalue weighted by atomic mass is 15.1. The van der Waals surface area contributed by atoms with E-state index in [-0.39, 0.29) is 5.41 Å². The average Bonchev–Trinajstić information content (AvgIpc) is 3.53. The van der Waals surface area contributed by atoms with Gasteiger partial charge in [0.15, 0.2) is 0 Å². The highest BCUT2D eigenvalue weighted by Crippen LogP contribution is 2.54. The SMILES string of the molecule is C=C/C(=C(C)\C=C/C)c1ccc(N(c2ccc3c4ccccc4n(C)c3c2)c2cc3c(c4ccccc24)-c2ccccc2C3(C)C)cc1C. The molecule has 1 aliphatic carbocycles. The number of nitrogens with zero attached hydrogens (tertiary/aromatic N) is 2. The summed E-state index contributed by atoms with van der Waals surface area (Å²) in [6, 6.07) is 42.9. The van der Waals surface area contributed by atoms with Gasteiger partial charge in [0.1, 0.15) is 0 Å². The predicted octanol–water partition coefficient (Wildman–Crippen LogP) is 13.1. The third kappa shape index (κ3) is 4.62. The van der Waals surface area contributed by atoms with Gasteiger partial charge in [0.25, 0.3) is 0 Å². The molecule has 0 atom stereocenters. The number of anilines is 3. The van der Waals surface area contributed by atoms with Gasteiger partial charge in [-0.2, -0.15) is 0 Å². The van der Waals surface area contributed by atoms with Crippen molar-refractivity contribution in [1.29, 1.82) is 0 Å². The molecule has 0 N–H and O–H groups in total. The third-order valence-electron chi connectivity index (χ3n) is 10.8. The molecule has 0 unspecified atom stereocenters. The van der Waals surface area contributed by atoms with Gasteiger partial charge < -0.3 is 9.47 Å². The molecule has 0 amide bonds. The van der Waals surface area contributed by atoms with Gasteiger partial charge in [-0.15, -0.1) is 0 Å². The van der Waals surface area contributed by atoms with E-state index in [1.807, 2.05) is 6.08 Å². The summed E-state index contributed by atoms with van der Waals surface area (Å²) in [6.45, 7) is 15.4. The number of rotatable bonds is 6. The summed E-state index contributed by atoms with van der Waals surface area (Å²) in [7, 11) is 2.18. The van der Waals surface area contributed by atoms with Crippen molar-refractivity contribution in [2.24, 2.45) is 7.05 Å². The summed E-state index contributed by atoms with van der Waals surface area (Å²) in [4.78, 5) is 2.48. The molecule has 2 heteroatoms. The Balaban J connectivity index is 1.43. The maximum Gasteiger partial charge on any atom is 0.0543 e. The van der Waals surface area contributed by atoms with Crippen LogP contribution in [0.3, 0.4) is 0 Å². The maximum atomic E-state index is 4.18.